The molecule has 168 valence electrons. The van der Waals surface area contributed by atoms with Crippen molar-refractivity contribution in [3.05, 3.63) is 89.1 Å². The number of rotatable bonds is 7. The number of carbonyl (C=O) groups is 1. The molecule has 1 amide bonds. The standard InChI is InChI=1S/C23H20N4O3S3/c1-15-14-16(2)25-23(24-15)32-20-11-9-18(10-12-20)26-22(28)17-5-7-19(8-6-17)27-33(29,30)21-4-3-13-31-21/h3-14,27H,1-2H3,(H,26,28). The molecule has 0 aliphatic carbocycles. The summed E-state index contributed by atoms with van der Waals surface area (Å²) in [5.74, 6) is -0.291. The van der Waals surface area contributed by atoms with E-state index in [0.717, 1.165) is 27.6 Å². The van der Waals surface area contributed by atoms with E-state index in [1.807, 2.05) is 44.2 Å². The lowest BCUT2D eigenvalue weighted by atomic mass is 10.2. The van der Waals surface area contributed by atoms with E-state index in [2.05, 4.69) is 20.0 Å². The molecule has 0 spiro atoms. The molecular weight excluding hydrogens is 476 g/mol. The van der Waals surface area contributed by atoms with Gasteiger partial charge in [-0.1, -0.05) is 6.07 Å². The lowest BCUT2D eigenvalue weighted by Crippen LogP contribution is -2.13. The fourth-order valence-electron chi connectivity index (χ4n) is 2.97. The maximum atomic E-state index is 12.6. The maximum Gasteiger partial charge on any atom is 0.271 e. The summed E-state index contributed by atoms with van der Waals surface area (Å²) in [6.45, 7) is 3.87. The monoisotopic (exact) mass is 496 g/mol. The summed E-state index contributed by atoms with van der Waals surface area (Å²) in [5.41, 5.74) is 3.28. The van der Waals surface area contributed by atoms with Gasteiger partial charge in [0.1, 0.15) is 4.21 Å². The quantitative estimate of drug-likeness (QED) is 0.334. The van der Waals surface area contributed by atoms with Crippen molar-refractivity contribution < 1.29 is 13.2 Å². The summed E-state index contributed by atoms with van der Waals surface area (Å²) in [7, 11) is -3.63. The van der Waals surface area contributed by atoms with Crippen LogP contribution in [0.5, 0.6) is 0 Å². The number of nitrogens with zero attached hydrogens (tertiary/aromatic N) is 2. The minimum atomic E-state index is -3.63. The van der Waals surface area contributed by atoms with Crippen LogP contribution >= 0.6 is 23.1 Å². The van der Waals surface area contributed by atoms with Crippen molar-refractivity contribution in [2.45, 2.75) is 28.1 Å². The zero-order valence-electron chi connectivity index (χ0n) is 17.8. The molecule has 0 saturated heterocycles. The van der Waals surface area contributed by atoms with Crippen LogP contribution in [0.2, 0.25) is 0 Å². The number of hydrogen-bond donors (Lipinski definition) is 2. The Morgan fingerprint density at radius 2 is 1.55 bits per heavy atom. The minimum Gasteiger partial charge on any atom is -0.322 e. The van der Waals surface area contributed by atoms with Gasteiger partial charge in [-0.05, 0) is 91.7 Å². The summed E-state index contributed by atoms with van der Waals surface area (Å²) >= 11 is 2.59. The van der Waals surface area contributed by atoms with Crippen molar-refractivity contribution >= 4 is 50.4 Å². The zero-order valence-corrected chi connectivity index (χ0v) is 20.2. The molecule has 0 saturated carbocycles. The third-order valence-corrected chi connectivity index (χ3v) is 8.09. The van der Waals surface area contributed by atoms with Gasteiger partial charge < -0.3 is 5.32 Å². The predicted octanol–water partition coefficient (Wildman–Crippen LogP) is 5.36. The summed E-state index contributed by atoms with van der Waals surface area (Å²) in [5, 5.41) is 5.22. The topological polar surface area (TPSA) is 101 Å². The maximum absolute atomic E-state index is 12.6. The Hall–Kier alpha value is -3.21. The van der Waals surface area contributed by atoms with Crippen molar-refractivity contribution in [1.82, 2.24) is 9.97 Å². The normalized spacial score (nSPS) is 11.2. The number of sulfonamides is 1. The molecule has 4 aromatic rings. The van der Waals surface area contributed by atoms with Crippen LogP contribution in [-0.2, 0) is 10.0 Å². The molecule has 0 bridgehead atoms. The Kier molecular flexibility index (Phi) is 6.77. The number of nitrogens with one attached hydrogen (secondary N) is 2. The van der Waals surface area contributed by atoms with Crippen molar-refractivity contribution in [2.24, 2.45) is 0 Å². The highest BCUT2D eigenvalue weighted by Gasteiger charge is 2.15. The van der Waals surface area contributed by atoms with Crippen LogP contribution in [0.4, 0.5) is 11.4 Å². The third kappa shape index (κ3) is 5.98. The molecule has 2 N–H and O–H groups in total. The fraction of sp³-hybridized carbons (Fsp3) is 0.0870. The van der Waals surface area contributed by atoms with E-state index in [1.165, 1.54) is 17.8 Å². The Morgan fingerprint density at radius 3 is 2.15 bits per heavy atom. The molecule has 0 radical (unpaired) electrons. The predicted molar refractivity (Wildman–Crippen MR) is 132 cm³/mol. The zero-order chi connectivity index (χ0) is 23.4. The van der Waals surface area contributed by atoms with Crippen LogP contribution in [0.1, 0.15) is 21.7 Å². The van der Waals surface area contributed by atoms with Gasteiger partial charge in [0.15, 0.2) is 5.16 Å². The molecule has 4 rings (SSSR count). The van der Waals surface area contributed by atoms with Gasteiger partial charge in [0, 0.05) is 33.2 Å². The van der Waals surface area contributed by atoms with Gasteiger partial charge in [-0.3, -0.25) is 9.52 Å². The molecule has 7 nitrogen and oxygen atoms in total. The first kappa shape index (κ1) is 23.0. The molecule has 0 aliphatic heterocycles. The molecule has 0 fully saturated rings. The molecule has 10 heteroatoms. The van der Waals surface area contributed by atoms with Gasteiger partial charge in [0.05, 0.1) is 0 Å². The van der Waals surface area contributed by atoms with Crippen LogP contribution < -0.4 is 10.0 Å². The lowest BCUT2D eigenvalue weighted by Gasteiger charge is -2.09. The number of hydrogen-bond acceptors (Lipinski definition) is 7. The van der Waals surface area contributed by atoms with Gasteiger partial charge in [-0.25, -0.2) is 18.4 Å². The second-order valence-corrected chi connectivity index (χ2v) is 11.0. The second kappa shape index (κ2) is 9.74. The molecular formula is C23H20N4O3S3. The van der Waals surface area contributed by atoms with E-state index in [9.17, 15) is 13.2 Å². The van der Waals surface area contributed by atoms with Crippen LogP contribution in [-0.4, -0.2) is 24.3 Å². The van der Waals surface area contributed by atoms with Gasteiger partial charge in [-0.2, -0.15) is 0 Å². The molecule has 2 aromatic heterocycles. The lowest BCUT2D eigenvalue weighted by molar-refractivity contribution is 0.102. The van der Waals surface area contributed by atoms with E-state index in [4.69, 9.17) is 0 Å². The van der Waals surface area contributed by atoms with Gasteiger partial charge >= 0.3 is 0 Å². The Balaban J connectivity index is 1.38. The molecule has 33 heavy (non-hydrogen) atoms. The number of aryl methyl sites for hydroxylation is 2. The minimum absolute atomic E-state index is 0.232. The average molecular weight is 497 g/mol. The van der Waals surface area contributed by atoms with Crippen LogP contribution in [0.3, 0.4) is 0 Å². The highest BCUT2D eigenvalue weighted by molar-refractivity contribution is 7.99. The molecule has 2 heterocycles. The van der Waals surface area contributed by atoms with E-state index in [-0.39, 0.29) is 10.1 Å². The van der Waals surface area contributed by atoms with E-state index >= 15 is 0 Å². The third-order valence-electron chi connectivity index (χ3n) is 4.44. The highest BCUT2D eigenvalue weighted by Crippen LogP contribution is 2.26. The van der Waals surface area contributed by atoms with Crippen molar-refractivity contribution in [1.29, 1.82) is 0 Å². The van der Waals surface area contributed by atoms with E-state index in [1.54, 1.807) is 35.7 Å². The Bertz CT molecular complexity index is 1350. The van der Waals surface area contributed by atoms with Crippen molar-refractivity contribution in [3.8, 4) is 0 Å². The second-order valence-electron chi connectivity index (χ2n) is 7.13. The first-order chi connectivity index (χ1) is 15.8. The number of carbonyl (C=O) groups excluding carboxylic acids is 1. The Morgan fingerprint density at radius 1 is 0.909 bits per heavy atom. The number of benzene rings is 2. The number of thiophene rings is 1. The van der Waals surface area contributed by atoms with Crippen LogP contribution in [0, 0.1) is 13.8 Å². The molecule has 0 atom stereocenters. The Labute approximate surface area is 200 Å². The molecule has 0 unspecified atom stereocenters. The number of anilines is 2. The van der Waals surface area contributed by atoms with Crippen molar-refractivity contribution in [2.75, 3.05) is 10.0 Å². The number of amides is 1. The summed E-state index contributed by atoms with van der Waals surface area (Å²) in [6, 6.07) is 18.8. The highest BCUT2D eigenvalue weighted by atomic mass is 32.2. The SMILES string of the molecule is Cc1cc(C)nc(Sc2ccc(NC(=O)c3ccc(NS(=O)(=O)c4cccs4)cc3)cc2)n1. The molecule has 2 aromatic carbocycles. The first-order valence-electron chi connectivity index (χ1n) is 9.86. The summed E-state index contributed by atoms with van der Waals surface area (Å²) in [6.07, 6.45) is 0. The summed E-state index contributed by atoms with van der Waals surface area (Å²) in [4.78, 5) is 22.4. The van der Waals surface area contributed by atoms with Crippen LogP contribution in [0.15, 0.2) is 86.4 Å². The van der Waals surface area contributed by atoms with Crippen molar-refractivity contribution in [3.63, 3.8) is 0 Å². The van der Waals surface area contributed by atoms with E-state index < -0.39 is 10.0 Å². The average Bonchev–Trinajstić information content (AvgIpc) is 3.31. The largest absolute Gasteiger partial charge is 0.322 e. The first-order valence-corrected chi connectivity index (χ1v) is 13.0. The van der Waals surface area contributed by atoms with Gasteiger partial charge in [0.2, 0.25) is 0 Å². The summed E-state index contributed by atoms with van der Waals surface area (Å²) < 4.78 is 27.4. The smallest absolute Gasteiger partial charge is 0.271 e. The van der Waals surface area contributed by atoms with Crippen LogP contribution in [0.25, 0.3) is 0 Å². The van der Waals surface area contributed by atoms with Gasteiger partial charge in [0.25, 0.3) is 15.9 Å². The fourth-order valence-corrected chi connectivity index (χ4v) is 5.88. The number of aromatic nitrogens is 2. The van der Waals surface area contributed by atoms with Gasteiger partial charge in [-0.15, -0.1) is 11.3 Å². The van der Waals surface area contributed by atoms with E-state index in [0.29, 0.717) is 22.1 Å². The molecule has 0 aliphatic rings.